The zero-order chi connectivity index (χ0) is 14.2. The lowest BCUT2D eigenvalue weighted by Crippen LogP contribution is -2.08. The van der Waals surface area contributed by atoms with Crippen LogP contribution in [0.1, 0.15) is 39.2 Å². The van der Waals surface area contributed by atoms with Gasteiger partial charge in [0.25, 0.3) is 0 Å². The summed E-state index contributed by atoms with van der Waals surface area (Å²) >= 11 is 1.56. The Morgan fingerprint density at radius 2 is 1.58 bits per heavy atom. The fourth-order valence-electron chi connectivity index (χ4n) is 1.90. The molecule has 0 aliphatic carbocycles. The molecule has 6 heteroatoms. The van der Waals surface area contributed by atoms with E-state index < -0.39 is 0 Å². The molecule has 2 rings (SSSR count). The predicted molar refractivity (Wildman–Crippen MR) is 76.4 cm³/mol. The zero-order valence-corrected chi connectivity index (χ0v) is 12.5. The van der Waals surface area contributed by atoms with E-state index in [0.717, 1.165) is 15.7 Å². The number of hydrogen-bond donors (Lipinski definition) is 1. The average Bonchev–Trinajstić information content (AvgIpc) is 2.55. The number of aromatic nitrogens is 3. The standard InChI is InChI=1S/C13H16N4OS/c1-6-10(5)19-13(16-6)17-12-14-7(2)11(9(4)18)8(3)15-12/h1-5H3,(H,14,15,16,17). The van der Waals surface area contributed by atoms with Gasteiger partial charge in [-0.3, -0.25) is 4.79 Å². The van der Waals surface area contributed by atoms with Crippen molar-refractivity contribution in [1.82, 2.24) is 15.0 Å². The lowest BCUT2D eigenvalue weighted by molar-refractivity contribution is 0.101. The molecular formula is C13H16N4OS. The summed E-state index contributed by atoms with van der Waals surface area (Å²) in [6.07, 6.45) is 0. The van der Waals surface area contributed by atoms with Crippen molar-refractivity contribution in [3.05, 3.63) is 27.5 Å². The molecule has 5 nitrogen and oxygen atoms in total. The number of nitrogens with one attached hydrogen (secondary N) is 1. The summed E-state index contributed by atoms with van der Waals surface area (Å²) in [4.78, 5) is 25.7. The highest BCUT2D eigenvalue weighted by atomic mass is 32.1. The number of aryl methyl sites for hydroxylation is 4. The van der Waals surface area contributed by atoms with Crippen LogP contribution in [-0.4, -0.2) is 20.7 Å². The molecular weight excluding hydrogens is 260 g/mol. The van der Waals surface area contributed by atoms with E-state index in [1.807, 2.05) is 27.7 Å². The van der Waals surface area contributed by atoms with Gasteiger partial charge in [0.2, 0.25) is 5.95 Å². The fourth-order valence-corrected chi connectivity index (χ4v) is 2.71. The van der Waals surface area contributed by atoms with Crippen molar-refractivity contribution in [2.45, 2.75) is 34.6 Å². The highest BCUT2D eigenvalue weighted by molar-refractivity contribution is 7.15. The number of Topliss-reactive ketones (excluding diaryl/α,β-unsaturated/α-hetero) is 1. The molecule has 0 amide bonds. The Morgan fingerprint density at radius 1 is 1.00 bits per heavy atom. The van der Waals surface area contributed by atoms with Crippen molar-refractivity contribution in [1.29, 1.82) is 0 Å². The molecule has 0 atom stereocenters. The Balaban J connectivity index is 2.34. The van der Waals surface area contributed by atoms with Crippen LogP contribution in [0.15, 0.2) is 0 Å². The second kappa shape index (κ2) is 5.05. The van der Waals surface area contributed by atoms with Gasteiger partial charge in [0.1, 0.15) is 0 Å². The van der Waals surface area contributed by atoms with Gasteiger partial charge in [-0.1, -0.05) is 0 Å². The second-order valence-corrected chi connectivity index (χ2v) is 5.64. The number of hydrogen-bond acceptors (Lipinski definition) is 6. The maximum atomic E-state index is 11.5. The van der Waals surface area contributed by atoms with E-state index in [4.69, 9.17) is 0 Å². The molecule has 0 bridgehead atoms. The van der Waals surface area contributed by atoms with Crippen molar-refractivity contribution in [3.8, 4) is 0 Å². The van der Waals surface area contributed by atoms with E-state index in [9.17, 15) is 4.79 Å². The van der Waals surface area contributed by atoms with Crippen LogP contribution in [-0.2, 0) is 0 Å². The fraction of sp³-hybridized carbons (Fsp3) is 0.385. The van der Waals surface area contributed by atoms with Gasteiger partial charge in [-0.2, -0.15) is 0 Å². The van der Waals surface area contributed by atoms with E-state index in [1.165, 1.54) is 6.92 Å². The van der Waals surface area contributed by atoms with Gasteiger partial charge >= 0.3 is 0 Å². The van der Waals surface area contributed by atoms with Gasteiger partial charge < -0.3 is 5.32 Å². The maximum Gasteiger partial charge on any atom is 0.229 e. The van der Waals surface area contributed by atoms with Crippen LogP contribution in [0.2, 0.25) is 0 Å². The van der Waals surface area contributed by atoms with E-state index >= 15 is 0 Å². The van der Waals surface area contributed by atoms with Crippen molar-refractivity contribution in [2.75, 3.05) is 5.32 Å². The summed E-state index contributed by atoms with van der Waals surface area (Å²) in [6, 6.07) is 0. The van der Waals surface area contributed by atoms with Crippen molar-refractivity contribution in [2.24, 2.45) is 0 Å². The van der Waals surface area contributed by atoms with Crippen LogP contribution in [0.25, 0.3) is 0 Å². The van der Waals surface area contributed by atoms with Gasteiger partial charge in [0.15, 0.2) is 10.9 Å². The first kappa shape index (κ1) is 13.6. The van der Waals surface area contributed by atoms with E-state index in [-0.39, 0.29) is 5.78 Å². The molecule has 0 fully saturated rings. The molecule has 0 aromatic carbocycles. The largest absolute Gasteiger partial charge is 0.300 e. The monoisotopic (exact) mass is 276 g/mol. The Bertz CT molecular complexity index is 606. The second-order valence-electron chi connectivity index (χ2n) is 4.43. The molecule has 1 N–H and O–H groups in total. The molecule has 0 unspecified atom stereocenters. The van der Waals surface area contributed by atoms with Gasteiger partial charge in [-0.15, -0.1) is 11.3 Å². The third kappa shape index (κ3) is 2.78. The molecule has 0 aliphatic rings. The number of thiazole rings is 1. The number of carbonyl (C=O) groups excluding carboxylic acids is 1. The lowest BCUT2D eigenvalue weighted by Gasteiger charge is -2.08. The number of carbonyl (C=O) groups is 1. The average molecular weight is 276 g/mol. The first-order valence-corrected chi connectivity index (χ1v) is 6.77. The van der Waals surface area contributed by atoms with Crippen LogP contribution < -0.4 is 5.32 Å². The highest BCUT2D eigenvalue weighted by Gasteiger charge is 2.13. The molecule has 19 heavy (non-hydrogen) atoms. The van der Waals surface area contributed by atoms with Gasteiger partial charge in [0, 0.05) is 4.88 Å². The van der Waals surface area contributed by atoms with Crippen molar-refractivity contribution < 1.29 is 4.79 Å². The smallest absolute Gasteiger partial charge is 0.229 e. The number of nitrogens with zero attached hydrogens (tertiary/aromatic N) is 3. The Hall–Kier alpha value is -1.82. The first-order chi connectivity index (χ1) is 8.88. The summed E-state index contributed by atoms with van der Waals surface area (Å²) in [7, 11) is 0. The lowest BCUT2D eigenvalue weighted by atomic mass is 10.1. The molecule has 2 heterocycles. The Morgan fingerprint density at radius 3 is 2.00 bits per heavy atom. The molecule has 2 aromatic heterocycles. The molecule has 0 radical (unpaired) electrons. The van der Waals surface area contributed by atoms with Crippen LogP contribution >= 0.6 is 11.3 Å². The van der Waals surface area contributed by atoms with Gasteiger partial charge in [0.05, 0.1) is 22.6 Å². The highest BCUT2D eigenvalue weighted by Crippen LogP contribution is 2.24. The van der Waals surface area contributed by atoms with Gasteiger partial charge in [-0.25, -0.2) is 15.0 Å². The quantitative estimate of drug-likeness (QED) is 0.872. The summed E-state index contributed by atoms with van der Waals surface area (Å²) in [5.74, 6) is 0.469. The Kier molecular flexibility index (Phi) is 3.61. The van der Waals surface area contributed by atoms with Gasteiger partial charge in [-0.05, 0) is 34.6 Å². The third-order valence-corrected chi connectivity index (χ3v) is 3.86. The molecule has 2 aromatic rings. The van der Waals surface area contributed by atoms with Crippen molar-refractivity contribution in [3.63, 3.8) is 0 Å². The van der Waals surface area contributed by atoms with Crippen LogP contribution in [0.3, 0.4) is 0 Å². The first-order valence-electron chi connectivity index (χ1n) is 5.95. The van der Waals surface area contributed by atoms with Crippen LogP contribution in [0, 0.1) is 27.7 Å². The Labute approximate surface area is 116 Å². The number of anilines is 2. The summed E-state index contributed by atoms with van der Waals surface area (Å²) in [5.41, 5.74) is 2.97. The molecule has 0 saturated carbocycles. The van der Waals surface area contributed by atoms with Crippen molar-refractivity contribution >= 4 is 28.2 Å². The van der Waals surface area contributed by atoms with E-state index in [1.54, 1.807) is 11.3 Å². The third-order valence-electron chi connectivity index (χ3n) is 2.87. The van der Waals surface area contributed by atoms with E-state index in [0.29, 0.717) is 22.9 Å². The molecule has 0 saturated heterocycles. The minimum atomic E-state index is -0.0116. The minimum Gasteiger partial charge on any atom is -0.300 e. The number of rotatable bonds is 3. The zero-order valence-electron chi connectivity index (χ0n) is 11.7. The van der Waals surface area contributed by atoms with E-state index in [2.05, 4.69) is 20.3 Å². The summed E-state index contributed by atoms with van der Waals surface area (Å²) in [5, 5.41) is 3.86. The molecule has 100 valence electrons. The summed E-state index contributed by atoms with van der Waals surface area (Å²) < 4.78 is 0. The minimum absolute atomic E-state index is 0.0116. The predicted octanol–water partition coefficient (Wildman–Crippen LogP) is 3.11. The molecule has 0 aliphatic heterocycles. The summed E-state index contributed by atoms with van der Waals surface area (Å²) in [6.45, 7) is 9.14. The van der Waals surface area contributed by atoms with Crippen LogP contribution in [0.4, 0.5) is 11.1 Å². The van der Waals surface area contributed by atoms with Crippen LogP contribution in [0.5, 0.6) is 0 Å². The topological polar surface area (TPSA) is 67.8 Å². The molecule has 0 spiro atoms. The number of ketones is 1. The normalized spacial score (nSPS) is 10.6. The SMILES string of the molecule is CC(=O)c1c(C)nc(Nc2nc(C)c(C)s2)nc1C. The maximum absolute atomic E-state index is 11.5.